The van der Waals surface area contributed by atoms with E-state index in [1.54, 1.807) is 0 Å². The van der Waals surface area contributed by atoms with Crippen LogP contribution in [0.4, 0.5) is 0 Å². The smallest absolute Gasteiger partial charge is 0.0632 e. The molecule has 1 rings (SSSR count). The molecule has 0 aromatic heterocycles. The van der Waals surface area contributed by atoms with Crippen molar-refractivity contribution in [2.24, 2.45) is 5.41 Å². The van der Waals surface area contributed by atoms with Gasteiger partial charge in [0.2, 0.25) is 0 Å². The minimum Gasteiger partial charge on any atom is -0.396 e. The van der Waals surface area contributed by atoms with Gasteiger partial charge in [-0.3, -0.25) is 0 Å². The Labute approximate surface area is 85.7 Å². The summed E-state index contributed by atoms with van der Waals surface area (Å²) < 4.78 is 5.61. The Kier molecular flexibility index (Phi) is 3.52. The molecule has 3 nitrogen and oxygen atoms in total. The second-order valence-electron chi connectivity index (χ2n) is 4.85. The number of ether oxygens (including phenoxy) is 1. The lowest BCUT2D eigenvalue weighted by molar-refractivity contribution is -0.120. The molecule has 80 valence electrons. The van der Waals surface area contributed by atoms with Crippen LogP contribution in [0.2, 0.25) is 0 Å². The van der Waals surface area contributed by atoms with Crippen LogP contribution in [0, 0.1) is 16.7 Å². The summed E-state index contributed by atoms with van der Waals surface area (Å²) in [5.74, 6) is 0. The van der Waals surface area contributed by atoms with Gasteiger partial charge >= 0.3 is 0 Å². The first-order valence-corrected chi connectivity index (χ1v) is 5.15. The zero-order valence-corrected chi connectivity index (χ0v) is 9.05. The third-order valence-corrected chi connectivity index (χ3v) is 3.03. The lowest BCUT2D eigenvalue weighted by Crippen LogP contribution is -2.43. The van der Waals surface area contributed by atoms with Gasteiger partial charge in [-0.15, -0.1) is 0 Å². The van der Waals surface area contributed by atoms with Gasteiger partial charge in [-0.1, -0.05) is 0 Å². The lowest BCUT2D eigenvalue weighted by Gasteiger charge is -2.43. The molecule has 0 radical (unpaired) electrons. The average molecular weight is 197 g/mol. The van der Waals surface area contributed by atoms with E-state index < -0.39 is 0 Å². The van der Waals surface area contributed by atoms with Crippen molar-refractivity contribution in [3.05, 3.63) is 0 Å². The number of rotatable bonds is 3. The minimum absolute atomic E-state index is 0.0858. The van der Waals surface area contributed by atoms with Crippen molar-refractivity contribution in [3.63, 3.8) is 0 Å². The molecule has 0 spiro atoms. The largest absolute Gasteiger partial charge is 0.396 e. The van der Waals surface area contributed by atoms with Crippen LogP contribution in [-0.4, -0.2) is 23.9 Å². The third-order valence-electron chi connectivity index (χ3n) is 3.03. The fourth-order valence-electron chi connectivity index (χ4n) is 2.33. The Morgan fingerprint density at radius 2 is 2.21 bits per heavy atom. The van der Waals surface area contributed by atoms with E-state index in [1.165, 1.54) is 0 Å². The highest BCUT2D eigenvalue weighted by atomic mass is 16.5. The Hall–Kier alpha value is -0.590. The van der Waals surface area contributed by atoms with Crippen LogP contribution in [0.25, 0.3) is 0 Å². The topological polar surface area (TPSA) is 53.2 Å². The highest BCUT2D eigenvalue weighted by Crippen LogP contribution is 2.41. The van der Waals surface area contributed by atoms with Crippen LogP contribution in [0.5, 0.6) is 0 Å². The highest BCUT2D eigenvalue weighted by molar-refractivity contribution is 4.91. The van der Waals surface area contributed by atoms with Crippen molar-refractivity contribution in [2.75, 3.05) is 13.2 Å². The van der Waals surface area contributed by atoms with E-state index in [0.29, 0.717) is 13.0 Å². The summed E-state index contributed by atoms with van der Waals surface area (Å²) in [5.41, 5.74) is -0.242. The molecule has 0 amide bonds. The van der Waals surface area contributed by atoms with Gasteiger partial charge in [-0.05, 0) is 38.5 Å². The van der Waals surface area contributed by atoms with Crippen LogP contribution in [0.15, 0.2) is 0 Å². The molecule has 1 N–H and O–H groups in total. The van der Waals surface area contributed by atoms with E-state index in [4.69, 9.17) is 10.00 Å². The average Bonchev–Trinajstić information content (AvgIpc) is 2.13. The monoisotopic (exact) mass is 197 g/mol. The standard InChI is InChI=1S/C11H19NO2/c1-10(2)8-11(9-13,4-3-6-12)5-7-14-10/h13H,3-5,7-9H2,1-2H3. The number of nitriles is 1. The predicted octanol–water partition coefficient (Wildman–Crippen LogP) is 1.86. The third kappa shape index (κ3) is 2.70. The normalized spacial score (nSPS) is 31.0. The van der Waals surface area contributed by atoms with E-state index in [2.05, 4.69) is 6.07 Å². The van der Waals surface area contributed by atoms with Crippen LogP contribution in [-0.2, 0) is 4.74 Å². The Morgan fingerprint density at radius 1 is 1.50 bits per heavy atom. The first-order valence-electron chi connectivity index (χ1n) is 5.15. The molecule has 1 aliphatic rings. The van der Waals surface area contributed by atoms with E-state index in [-0.39, 0.29) is 17.6 Å². The molecule has 3 heteroatoms. The molecular weight excluding hydrogens is 178 g/mol. The number of nitrogens with zero attached hydrogens (tertiary/aromatic N) is 1. The van der Waals surface area contributed by atoms with Crippen molar-refractivity contribution in [1.29, 1.82) is 5.26 Å². The first-order chi connectivity index (χ1) is 6.54. The molecule has 1 heterocycles. The SMILES string of the molecule is CC1(C)CC(CO)(CCC#N)CCO1. The van der Waals surface area contributed by atoms with Crippen molar-refractivity contribution >= 4 is 0 Å². The van der Waals surface area contributed by atoms with Crippen LogP contribution < -0.4 is 0 Å². The summed E-state index contributed by atoms with van der Waals surface area (Å²) in [6.45, 7) is 4.95. The van der Waals surface area contributed by atoms with E-state index >= 15 is 0 Å². The van der Waals surface area contributed by atoms with Gasteiger partial charge < -0.3 is 9.84 Å². The minimum atomic E-state index is -0.156. The Bertz CT molecular complexity index is 232. The van der Waals surface area contributed by atoms with E-state index in [0.717, 1.165) is 19.3 Å². The maximum absolute atomic E-state index is 9.44. The molecular formula is C11H19NO2. The zero-order valence-electron chi connectivity index (χ0n) is 9.05. The van der Waals surface area contributed by atoms with Crippen molar-refractivity contribution < 1.29 is 9.84 Å². The molecule has 0 bridgehead atoms. The van der Waals surface area contributed by atoms with Gasteiger partial charge in [0.25, 0.3) is 0 Å². The fraction of sp³-hybridized carbons (Fsp3) is 0.909. The van der Waals surface area contributed by atoms with E-state index in [1.807, 2.05) is 13.8 Å². The van der Waals surface area contributed by atoms with Gasteiger partial charge in [-0.2, -0.15) is 5.26 Å². The molecule has 1 atom stereocenters. The Balaban J connectivity index is 2.64. The predicted molar refractivity (Wildman–Crippen MR) is 53.6 cm³/mol. The maximum atomic E-state index is 9.44. The molecule has 0 aliphatic carbocycles. The van der Waals surface area contributed by atoms with Gasteiger partial charge in [0.05, 0.1) is 11.7 Å². The molecule has 0 aromatic rings. The van der Waals surface area contributed by atoms with Gasteiger partial charge in [0.15, 0.2) is 0 Å². The summed E-state index contributed by atoms with van der Waals surface area (Å²) in [6, 6.07) is 2.15. The molecule has 14 heavy (non-hydrogen) atoms. The van der Waals surface area contributed by atoms with Crippen molar-refractivity contribution in [2.45, 2.75) is 45.1 Å². The Morgan fingerprint density at radius 3 is 2.71 bits per heavy atom. The van der Waals surface area contributed by atoms with Gasteiger partial charge in [-0.25, -0.2) is 0 Å². The second-order valence-corrected chi connectivity index (χ2v) is 4.85. The van der Waals surface area contributed by atoms with E-state index in [9.17, 15) is 5.11 Å². The summed E-state index contributed by atoms with van der Waals surface area (Å²) in [7, 11) is 0. The fourth-order valence-corrected chi connectivity index (χ4v) is 2.33. The van der Waals surface area contributed by atoms with Crippen LogP contribution in [0.3, 0.4) is 0 Å². The number of aliphatic hydroxyl groups is 1. The van der Waals surface area contributed by atoms with Gasteiger partial charge in [0.1, 0.15) is 0 Å². The summed E-state index contributed by atoms with van der Waals surface area (Å²) >= 11 is 0. The molecule has 1 unspecified atom stereocenters. The second kappa shape index (κ2) is 4.29. The maximum Gasteiger partial charge on any atom is 0.0632 e. The molecule has 0 saturated carbocycles. The highest BCUT2D eigenvalue weighted by Gasteiger charge is 2.39. The summed E-state index contributed by atoms with van der Waals surface area (Å²) in [4.78, 5) is 0. The zero-order chi connectivity index (χ0) is 10.7. The van der Waals surface area contributed by atoms with Crippen LogP contribution in [0.1, 0.15) is 39.5 Å². The summed E-state index contributed by atoms with van der Waals surface area (Å²) in [5, 5.41) is 18.0. The quantitative estimate of drug-likeness (QED) is 0.751. The lowest BCUT2D eigenvalue weighted by atomic mass is 9.72. The van der Waals surface area contributed by atoms with Crippen LogP contribution >= 0.6 is 0 Å². The molecule has 1 aliphatic heterocycles. The molecule has 1 fully saturated rings. The first kappa shape index (κ1) is 11.5. The van der Waals surface area contributed by atoms with Crippen molar-refractivity contribution in [3.8, 4) is 6.07 Å². The summed E-state index contributed by atoms with van der Waals surface area (Å²) in [6.07, 6.45) is 3.02. The number of aliphatic hydroxyl groups excluding tert-OH is 1. The van der Waals surface area contributed by atoms with Gasteiger partial charge in [0, 0.05) is 19.6 Å². The molecule has 1 saturated heterocycles. The number of hydrogen-bond donors (Lipinski definition) is 1. The van der Waals surface area contributed by atoms with Crippen molar-refractivity contribution in [1.82, 2.24) is 0 Å². The number of hydrogen-bond acceptors (Lipinski definition) is 3. The molecule has 0 aromatic carbocycles.